The van der Waals surface area contributed by atoms with E-state index in [1.165, 1.54) is 5.56 Å². The van der Waals surface area contributed by atoms with Crippen LogP contribution in [0.25, 0.3) is 0 Å². The number of likely N-dealkylation sites (N-methyl/N-ethyl adjacent to an activating group) is 1. The highest BCUT2D eigenvalue weighted by Gasteiger charge is 2.25. The Morgan fingerprint density at radius 3 is 2.46 bits per heavy atom. The van der Waals surface area contributed by atoms with Crippen LogP contribution in [0.2, 0.25) is 0 Å². The summed E-state index contributed by atoms with van der Waals surface area (Å²) in [6.45, 7) is 4.32. The number of amides is 2. The maximum absolute atomic E-state index is 12.2. The van der Waals surface area contributed by atoms with Gasteiger partial charge in [-0.2, -0.15) is 11.3 Å². The lowest BCUT2D eigenvalue weighted by atomic mass is 10.1. The van der Waals surface area contributed by atoms with Gasteiger partial charge < -0.3 is 15.5 Å². The fourth-order valence-electron chi connectivity index (χ4n) is 3.03. The van der Waals surface area contributed by atoms with Gasteiger partial charge in [-0.05, 0) is 41.6 Å². The van der Waals surface area contributed by atoms with Gasteiger partial charge in [0.25, 0.3) is 0 Å². The molecule has 2 aromatic rings. The topological polar surface area (TPSA) is 64.7 Å². The third-order valence-corrected chi connectivity index (χ3v) is 5.30. The molecule has 0 spiro atoms. The Balaban J connectivity index is 1.58. The summed E-state index contributed by atoms with van der Waals surface area (Å²) in [4.78, 5) is 29.0. The number of anilines is 1. The van der Waals surface area contributed by atoms with E-state index in [1.54, 1.807) is 23.5 Å². The van der Waals surface area contributed by atoms with E-state index in [-0.39, 0.29) is 6.04 Å². The fraction of sp³-hybridized carbons (Fsp3) is 0.368. The van der Waals surface area contributed by atoms with Gasteiger partial charge in [-0.25, -0.2) is 0 Å². The predicted molar refractivity (Wildman–Crippen MR) is 104 cm³/mol. The highest BCUT2D eigenvalue weighted by atomic mass is 32.1. The molecule has 2 amide bonds. The highest BCUT2D eigenvalue weighted by molar-refractivity contribution is 7.08. The molecule has 7 heteroatoms. The Kier molecular flexibility index (Phi) is 6.38. The predicted octanol–water partition coefficient (Wildman–Crippen LogP) is 1.79. The molecule has 0 saturated carbocycles. The normalized spacial score (nSPS) is 16.8. The summed E-state index contributed by atoms with van der Waals surface area (Å²) >= 11 is 1.65. The number of carbonyl (C=O) groups excluding carboxylic acids is 2. The zero-order chi connectivity index (χ0) is 18.4. The molecule has 1 aliphatic heterocycles. The zero-order valence-corrected chi connectivity index (χ0v) is 15.7. The van der Waals surface area contributed by atoms with Crippen LogP contribution >= 0.6 is 11.3 Å². The Labute approximate surface area is 157 Å². The van der Waals surface area contributed by atoms with Crippen molar-refractivity contribution in [1.29, 1.82) is 0 Å². The van der Waals surface area contributed by atoms with Crippen molar-refractivity contribution in [2.45, 2.75) is 6.04 Å². The molecule has 2 heterocycles. The molecule has 0 radical (unpaired) electrons. The van der Waals surface area contributed by atoms with Crippen LogP contribution in [0.5, 0.6) is 0 Å². The summed E-state index contributed by atoms with van der Waals surface area (Å²) in [5.74, 6) is -1.25. The second-order valence-electron chi connectivity index (χ2n) is 6.44. The van der Waals surface area contributed by atoms with Crippen molar-refractivity contribution >= 4 is 28.8 Å². The molecule has 6 nitrogen and oxygen atoms in total. The minimum atomic E-state index is -0.640. The van der Waals surface area contributed by atoms with Crippen LogP contribution in [0.4, 0.5) is 5.69 Å². The van der Waals surface area contributed by atoms with Gasteiger partial charge in [0.05, 0.1) is 6.04 Å². The van der Waals surface area contributed by atoms with Crippen LogP contribution < -0.4 is 10.6 Å². The van der Waals surface area contributed by atoms with Crippen LogP contribution in [-0.2, 0) is 9.59 Å². The van der Waals surface area contributed by atoms with Crippen molar-refractivity contribution in [3.63, 3.8) is 0 Å². The first-order chi connectivity index (χ1) is 12.6. The van der Waals surface area contributed by atoms with E-state index in [4.69, 9.17) is 0 Å². The monoisotopic (exact) mass is 372 g/mol. The van der Waals surface area contributed by atoms with E-state index in [0.29, 0.717) is 12.2 Å². The summed E-state index contributed by atoms with van der Waals surface area (Å²) < 4.78 is 0. The van der Waals surface area contributed by atoms with E-state index >= 15 is 0 Å². The number of nitrogens with zero attached hydrogens (tertiary/aromatic N) is 2. The third-order valence-electron chi connectivity index (χ3n) is 4.60. The van der Waals surface area contributed by atoms with Gasteiger partial charge in [0.15, 0.2) is 0 Å². The van der Waals surface area contributed by atoms with Crippen molar-refractivity contribution in [3.8, 4) is 0 Å². The van der Waals surface area contributed by atoms with Gasteiger partial charge in [-0.3, -0.25) is 14.5 Å². The summed E-state index contributed by atoms with van der Waals surface area (Å²) in [6.07, 6.45) is 0. The molecule has 1 unspecified atom stereocenters. The largest absolute Gasteiger partial charge is 0.346 e. The van der Waals surface area contributed by atoms with Crippen molar-refractivity contribution in [2.24, 2.45) is 0 Å². The Hall–Kier alpha value is -2.22. The molecule has 0 aliphatic carbocycles. The van der Waals surface area contributed by atoms with Crippen LogP contribution in [0.3, 0.4) is 0 Å². The summed E-state index contributed by atoms with van der Waals surface area (Å²) in [7, 11) is 2.12. The van der Waals surface area contributed by atoms with E-state index in [0.717, 1.165) is 26.2 Å². The van der Waals surface area contributed by atoms with Crippen molar-refractivity contribution in [2.75, 3.05) is 45.1 Å². The number of benzene rings is 1. The van der Waals surface area contributed by atoms with E-state index < -0.39 is 11.8 Å². The molecule has 3 rings (SSSR count). The molecule has 138 valence electrons. The molecule has 2 N–H and O–H groups in total. The number of rotatable bonds is 5. The maximum atomic E-state index is 12.2. The second kappa shape index (κ2) is 8.93. The van der Waals surface area contributed by atoms with Crippen LogP contribution in [0.15, 0.2) is 47.2 Å². The molecule has 1 saturated heterocycles. The van der Waals surface area contributed by atoms with E-state index in [9.17, 15) is 9.59 Å². The van der Waals surface area contributed by atoms with Crippen molar-refractivity contribution in [1.82, 2.24) is 15.1 Å². The standard InChI is InChI=1S/C19H24N4O2S/c1-22-8-10-23(11-9-22)17(15-7-12-26-14-15)13-20-18(24)19(25)21-16-5-3-2-4-6-16/h2-7,12,14,17H,8-11,13H2,1H3,(H,20,24)(H,21,25). The van der Waals surface area contributed by atoms with Gasteiger partial charge >= 0.3 is 11.8 Å². The van der Waals surface area contributed by atoms with Gasteiger partial charge in [0, 0.05) is 38.4 Å². The first kappa shape index (κ1) is 18.6. The third kappa shape index (κ3) is 4.91. The molecule has 26 heavy (non-hydrogen) atoms. The molecule has 1 fully saturated rings. The van der Waals surface area contributed by atoms with Gasteiger partial charge in [0.1, 0.15) is 0 Å². The molecule has 1 atom stereocenters. The lowest BCUT2D eigenvalue weighted by Gasteiger charge is -2.37. The van der Waals surface area contributed by atoms with E-state index in [2.05, 4.69) is 38.9 Å². The lowest BCUT2D eigenvalue weighted by molar-refractivity contribution is -0.136. The molecule has 1 aliphatic rings. The highest BCUT2D eigenvalue weighted by Crippen LogP contribution is 2.23. The summed E-state index contributed by atoms with van der Waals surface area (Å²) in [5, 5.41) is 9.57. The number of piperazine rings is 1. The maximum Gasteiger partial charge on any atom is 0.313 e. The molecule has 1 aromatic carbocycles. The summed E-state index contributed by atoms with van der Waals surface area (Å²) in [5.41, 5.74) is 1.80. The number of carbonyl (C=O) groups is 2. The molecule has 0 bridgehead atoms. The lowest BCUT2D eigenvalue weighted by Crippen LogP contribution is -2.49. The average Bonchev–Trinajstić information content (AvgIpc) is 3.18. The van der Waals surface area contributed by atoms with Crippen molar-refractivity contribution < 1.29 is 9.59 Å². The minimum absolute atomic E-state index is 0.0865. The van der Waals surface area contributed by atoms with Crippen LogP contribution in [0, 0.1) is 0 Å². The smallest absolute Gasteiger partial charge is 0.313 e. The molecular weight excluding hydrogens is 348 g/mol. The first-order valence-electron chi connectivity index (χ1n) is 8.72. The number of para-hydroxylation sites is 1. The number of hydrogen-bond donors (Lipinski definition) is 2. The molecular formula is C19H24N4O2S. The van der Waals surface area contributed by atoms with Crippen LogP contribution in [0.1, 0.15) is 11.6 Å². The van der Waals surface area contributed by atoms with E-state index in [1.807, 2.05) is 23.6 Å². The number of thiophene rings is 1. The number of nitrogens with one attached hydrogen (secondary N) is 2. The fourth-order valence-corrected chi connectivity index (χ4v) is 3.74. The quantitative estimate of drug-likeness (QED) is 0.786. The first-order valence-corrected chi connectivity index (χ1v) is 9.66. The Bertz CT molecular complexity index is 712. The Morgan fingerprint density at radius 1 is 1.08 bits per heavy atom. The SMILES string of the molecule is CN1CCN(C(CNC(=O)C(=O)Nc2ccccc2)c2ccsc2)CC1. The Morgan fingerprint density at radius 2 is 1.81 bits per heavy atom. The second-order valence-corrected chi connectivity index (χ2v) is 7.22. The van der Waals surface area contributed by atoms with Gasteiger partial charge in [-0.15, -0.1) is 0 Å². The number of hydrogen-bond acceptors (Lipinski definition) is 5. The van der Waals surface area contributed by atoms with Gasteiger partial charge in [-0.1, -0.05) is 18.2 Å². The van der Waals surface area contributed by atoms with Gasteiger partial charge in [0.2, 0.25) is 0 Å². The average molecular weight is 372 g/mol. The molecule has 1 aromatic heterocycles. The zero-order valence-electron chi connectivity index (χ0n) is 14.9. The minimum Gasteiger partial charge on any atom is -0.346 e. The van der Waals surface area contributed by atoms with Crippen molar-refractivity contribution in [3.05, 3.63) is 52.7 Å². The summed E-state index contributed by atoms with van der Waals surface area (Å²) in [6, 6.07) is 11.2. The van der Waals surface area contributed by atoms with Crippen LogP contribution in [-0.4, -0.2) is 61.4 Å².